The molecule has 20 heavy (non-hydrogen) atoms. The summed E-state index contributed by atoms with van der Waals surface area (Å²) < 4.78 is 29.5. The van der Waals surface area contributed by atoms with Gasteiger partial charge in [-0.1, -0.05) is 13.8 Å². The van der Waals surface area contributed by atoms with E-state index in [1.807, 2.05) is 13.8 Å². The van der Waals surface area contributed by atoms with E-state index in [9.17, 15) is 9.36 Å². The molecular weight excluding hydrogens is 281 g/mol. The van der Waals surface area contributed by atoms with Gasteiger partial charge in [0.2, 0.25) is 0 Å². The average Bonchev–Trinajstić information content (AvgIpc) is 2.41. The molecule has 0 spiro atoms. The number of carbonyl (C=O) groups is 1. The Balaban J connectivity index is 4.85. The second-order valence-electron chi connectivity index (χ2n) is 4.93. The van der Waals surface area contributed by atoms with Crippen LogP contribution in [0.1, 0.15) is 47.5 Å². The highest BCUT2D eigenvalue weighted by Crippen LogP contribution is 2.52. The highest BCUT2D eigenvalue weighted by Gasteiger charge is 2.37. The SMILES string of the molecule is CCC(CC)OC(=O)C(C)N(C)P(=O)(OC)OC(C)C. The third kappa shape index (κ3) is 5.52. The summed E-state index contributed by atoms with van der Waals surface area (Å²) >= 11 is 0. The van der Waals surface area contributed by atoms with E-state index in [0.29, 0.717) is 0 Å². The van der Waals surface area contributed by atoms with Crippen molar-refractivity contribution in [1.82, 2.24) is 4.67 Å². The lowest BCUT2D eigenvalue weighted by molar-refractivity contribution is -0.153. The molecule has 0 saturated carbocycles. The van der Waals surface area contributed by atoms with Crippen molar-refractivity contribution < 1.29 is 23.1 Å². The number of hydrogen-bond donors (Lipinski definition) is 0. The summed E-state index contributed by atoms with van der Waals surface area (Å²) in [6.45, 7) is 9.05. The van der Waals surface area contributed by atoms with E-state index in [1.165, 1.54) is 18.8 Å². The van der Waals surface area contributed by atoms with Gasteiger partial charge in [0, 0.05) is 7.11 Å². The van der Waals surface area contributed by atoms with Crippen molar-refractivity contribution in [3.8, 4) is 0 Å². The molecule has 2 atom stereocenters. The van der Waals surface area contributed by atoms with Gasteiger partial charge in [0.1, 0.15) is 12.1 Å². The summed E-state index contributed by atoms with van der Waals surface area (Å²) in [4.78, 5) is 12.1. The molecule has 0 rings (SSSR count). The summed E-state index contributed by atoms with van der Waals surface area (Å²) in [5.41, 5.74) is 0. The van der Waals surface area contributed by atoms with E-state index >= 15 is 0 Å². The first-order valence-corrected chi connectivity index (χ1v) is 8.49. The molecule has 0 aromatic rings. The lowest BCUT2D eigenvalue weighted by Crippen LogP contribution is -2.38. The minimum atomic E-state index is -3.49. The van der Waals surface area contributed by atoms with E-state index in [2.05, 4.69) is 0 Å². The second-order valence-corrected chi connectivity index (χ2v) is 7.07. The van der Waals surface area contributed by atoms with Crippen LogP contribution in [-0.2, 0) is 23.1 Å². The Bertz CT molecular complexity index is 344. The maximum absolute atomic E-state index is 12.5. The van der Waals surface area contributed by atoms with Gasteiger partial charge in [-0.2, -0.15) is 4.67 Å². The van der Waals surface area contributed by atoms with Gasteiger partial charge >= 0.3 is 13.7 Å². The van der Waals surface area contributed by atoms with Crippen molar-refractivity contribution in [2.24, 2.45) is 0 Å². The minimum absolute atomic E-state index is 0.119. The summed E-state index contributed by atoms with van der Waals surface area (Å²) in [5, 5.41) is 0. The molecule has 0 radical (unpaired) electrons. The standard InChI is InChI=1S/C13H28NO5P/c1-8-12(9-2)18-13(15)11(5)14(6)20(16,17-7)19-10(3)4/h10-12H,8-9H2,1-7H3. The van der Waals surface area contributed by atoms with E-state index in [4.69, 9.17) is 13.8 Å². The summed E-state index contributed by atoms with van der Waals surface area (Å²) in [7, 11) is -0.648. The van der Waals surface area contributed by atoms with Gasteiger partial charge in [0.05, 0.1) is 6.10 Å². The van der Waals surface area contributed by atoms with Crippen LogP contribution in [0, 0.1) is 0 Å². The number of ether oxygens (including phenoxy) is 1. The van der Waals surface area contributed by atoms with Gasteiger partial charge in [-0.25, -0.2) is 4.57 Å². The molecular formula is C13H28NO5P. The van der Waals surface area contributed by atoms with E-state index < -0.39 is 19.8 Å². The number of esters is 1. The number of rotatable bonds is 9. The number of hydrogen-bond acceptors (Lipinski definition) is 5. The lowest BCUT2D eigenvalue weighted by Gasteiger charge is -2.31. The fraction of sp³-hybridized carbons (Fsp3) is 0.923. The molecule has 0 aliphatic rings. The molecule has 0 aliphatic heterocycles. The van der Waals surface area contributed by atoms with Gasteiger partial charge in [-0.3, -0.25) is 13.8 Å². The molecule has 0 aromatic carbocycles. The number of nitrogens with zero attached hydrogens (tertiary/aromatic N) is 1. The topological polar surface area (TPSA) is 65.1 Å². The molecule has 2 unspecified atom stereocenters. The minimum Gasteiger partial charge on any atom is -0.461 e. The first-order valence-electron chi connectivity index (χ1n) is 6.99. The van der Waals surface area contributed by atoms with Gasteiger partial charge in [0.15, 0.2) is 0 Å². The van der Waals surface area contributed by atoms with E-state index in [-0.39, 0.29) is 12.2 Å². The summed E-state index contributed by atoms with van der Waals surface area (Å²) in [6.07, 6.45) is 1.11. The molecule has 0 heterocycles. The lowest BCUT2D eigenvalue weighted by atomic mass is 10.2. The van der Waals surface area contributed by atoms with E-state index in [1.54, 1.807) is 20.8 Å². The second kappa shape index (κ2) is 8.78. The van der Waals surface area contributed by atoms with Crippen molar-refractivity contribution in [1.29, 1.82) is 0 Å². The summed E-state index contributed by atoms with van der Waals surface area (Å²) in [5.74, 6) is -0.425. The van der Waals surface area contributed by atoms with Crippen LogP contribution in [0.25, 0.3) is 0 Å². The average molecular weight is 309 g/mol. The Kier molecular flexibility index (Phi) is 8.59. The van der Waals surface area contributed by atoms with Crippen molar-refractivity contribution in [3.05, 3.63) is 0 Å². The van der Waals surface area contributed by atoms with Crippen molar-refractivity contribution in [3.63, 3.8) is 0 Å². The highest BCUT2D eigenvalue weighted by atomic mass is 31.2. The van der Waals surface area contributed by atoms with E-state index in [0.717, 1.165) is 12.8 Å². The quantitative estimate of drug-likeness (QED) is 0.481. The smallest absolute Gasteiger partial charge is 0.408 e. The van der Waals surface area contributed by atoms with Gasteiger partial charge < -0.3 is 4.74 Å². The molecule has 120 valence electrons. The first kappa shape index (κ1) is 19.6. The highest BCUT2D eigenvalue weighted by molar-refractivity contribution is 7.51. The van der Waals surface area contributed by atoms with Crippen LogP contribution >= 0.6 is 7.75 Å². The molecule has 0 amide bonds. The summed E-state index contributed by atoms with van der Waals surface area (Å²) in [6, 6.07) is -0.708. The molecule has 0 aliphatic carbocycles. The molecule has 0 saturated heterocycles. The predicted molar refractivity (Wildman–Crippen MR) is 78.5 cm³/mol. The maximum Gasteiger partial charge on any atom is 0.408 e. The predicted octanol–water partition coefficient (Wildman–Crippen LogP) is 3.22. The third-order valence-corrected chi connectivity index (χ3v) is 5.32. The van der Waals surface area contributed by atoms with Crippen molar-refractivity contribution in [2.45, 2.75) is 65.7 Å². The molecule has 6 nitrogen and oxygen atoms in total. The monoisotopic (exact) mass is 309 g/mol. The van der Waals surface area contributed by atoms with Crippen LogP contribution in [0.3, 0.4) is 0 Å². The largest absolute Gasteiger partial charge is 0.461 e. The van der Waals surface area contributed by atoms with Crippen LogP contribution in [-0.4, -0.2) is 43.0 Å². The number of likely N-dealkylation sites (N-methyl/N-ethyl adjacent to an activating group) is 1. The zero-order chi connectivity index (χ0) is 15.9. The first-order chi connectivity index (χ1) is 9.21. The fourth-order valence-corrected chi connectivity index (χ4v) is 3.14. The Labute approximate surface area is 122 Å². The van der Waals surface area contributed by atoms with Crippen LogP contribution in [0.5, 0.6) is 0 Å². The maximum atomic E-state index is 12.5. The zero-order valence-electron chi connectivity index (χ0n) is 13.6. The van der Waals surface area contributed by atoms with Gasteiger partial charge in [-0.15, -0.1) is 0 Å². The van der Waals surface area contributed by atoms with Crippen LogP contribution in [0.15, 0.2) is 0 Å². The molecule has 0 fully saturated rings. The Morgan fingerprint density at radius 2 is 1.70 bits per heavy atom. The Morgan fingerprint density at radius 1 is 1.20 bits per heavy atom. The zero-order valence-corrected chi connectivity index (χ0v) is 14.5. The van der Waals surface area contributed by atoms with Crippen molar-refractivity contribution >= 4 is 13.7 Å². The molecule has 0 bridgehead atoms. The van der Waals surface area contributed by atoms with Crippen LogP contribution < -0.4 is 0 Å². The van der Waals surface area contributed by atoms with Crippen LogP contribution in [0.4, 0.5) is 0 Å². The number of carbonyl (C=O) groups excluding carboxylic acids is 1. The van der Waals surface area contributed by atoms with Crippen molar-refractivity contribution in [2.75, 3.05) is 14.2 Å². The Hall–Kier alpha value is -0.420. The third-order valence-electron chi connectivity index (χ3n) is 3.06. The van der Waals surface area contributed by atoms with Gasteiger partial charge in [0.25, 0.3) is 0 Å². The molecule has 0 N–H and O–H groups in total. The molecule has 7 heteroatoms. The van der Waals surface area contributed by atoms with Crippen LogP contribution in [0.2, 0.25) is 0 Å². The molecule has 0 aromatic heterocycles. The van der Waals surface area contributed by atoms with Gasteiger partial charge in [-0.05, 0) is 40.7 Å². The Morgan fingerprint density at radius 3 is 2.05 bits per heavy atom. The normalized spacial score (nSPS) is 16.5. The fourth-order valence-electron chi connectivity index (χ4n) is 1.60.